The summed E-state index contributed by atoms with van der Waals surface area (Å²) in [5.41, 5.74) is 4.38. The van der Waals surface area contributed by atoms with E-state index >= 15 is 0 Å². The molecular formula is C25H30N2O5. The normalized spacial score (nSPS) is 13.2. The Morgan fingerprint density at radius 1 is 0.969 bits per heavy atom. The Labute approximate surface area is 188 Å². The highest BCUT2D eigenvalue weighted by Crippen LogP contribution is 2.44. The number of carbonyl (C=O) groups excluding carboxylic acids is 2. The Morgan fingerprint density at radius 2 is 1.53 bits per heavy atom. The Bertz CT molecular complexity index is 925. The van der Waals surface area contributed by atoms with Gasteiger partial charge in [-0.05, 0) is 28.2 Å². The molecule has 0 fully saturated rings. The number of fused-ring (bicyclic) bond motifs is 3. The second-order valence-corrected chi connectivity index (χ2v) is 8.05. The van der Waals surface area contributed by atoms with Crippen molar-refractivity contribution in [2.24, 2.45) is 5.92 Å². The monoisotopic (exact) mass is 438 g/mol. The molecule has 0 radical (unpaired) electrons. The fourth-order valence-electron chi connectivity index (χ4n) is 4.11. The lowest BCUT2D eigenvalue weighted by Crippen LogP contribution is -2.49. The SMILES string of the molecule is CCC(CC)CNC(=O)C(CC(=O)O)NC(=O)OCC1c2ccccc2-c2ccccc21. The van der Waals surface area contributed by atoms with E-state index in [2.05, 4.69) is 10.6 Å². The molecule has 3 N–H and O–H groups in total. The predicted octanol–water partition coefficient (Wildman–Crippen LogP) is 3.92. The molecular weight excluding hydrogens is 408 g/mol. The van der Waals surface area contributed by atoms with Crippen molar-refractivity contribution in [3.63, 3.8) is 0 Å². The molecule has 1 aliphatic rings. The fraction of sp³-hybridized carbons (Fsp3) is 0.400. The summed E-state index contributed by atoms with van der Waals surface area (Å²) in [6, 6.07) is 14.8. The van der Waals surface area contributed by atoms with Gasteiger partial charge >= 0.3 is 12.1 Å². The molecule has 0 aliphatic heterocycles. The highest BCUT2D eigenvalue weighted by molar-refractivity contribution is 5.89. The van der Waals surface area contributed by atoms with Crippen LogP contribution in [0.4, 0.5) is 4.79 Å². The smallest absolute Gasteiger partial charge is 0.407 e. The number of aliphatic carboxylic acids is 1. The third kappa shape index (κ3) is 5.46. The van der Waals surface area contributed by atoms with Crippen LogP contribution in [0.3, 0.4) is 0 Å². The number of nitrogens with one attached hydrogen (secondary N) is 2. The van der Waals surface area contributed by atoms with Crippen molar-refractivity contribution in [2.45, 2.75) is 45.1 Å². The van der Waals surface area contributed by atoms with Gasteiger partial charge in [0.05, 0.1) is 6.42 Å². The average Bonchev–Trinajstić information content (AvgIpc) is 3.11. The molecule has 2 amide bonds. The van der Waals surface area contributed by atoms with Crippen LogP contribution in [0.1, 0.15) is 50.2 Å². The van der Waals surface area contributed by atoms with Crippen molar-refractivity contribution in [3.8, 4) is 11.1 Å². The van der Waals surface area contributed by atoms with Crippen LogP contribution in [0, 0.1) is 5.92 Å². The van der Waals surface area contributed by atoms with Gasteiger partial charge in [0.2, 0.25) is 5.91 Å². The molecule has 7 heteroatoms. The number of hydrogen-bond donors (Lipinski definition) is 3. The van der Waals surface area contributed by atoms with Crippen LogP contribution in [-0.4, -0.2) is 42.3 Å². The number of rotatable bonds is 10. The third-order valence-corrected chi connectivity index (χ3v) is 6.05. The first-order valence-corrected chi connectivity index (χ1v) is 11.1. The van der Waals surface area contributed by atoms with Crippen molar-refractivity contribution >= 4 is 18.0 Å². The van der Waals surface area contributed by atoms with Gasteiger partial charge in [0.15, 0.2) is 0 Å². The van der Waals surface area contributed by atoms with E-state index in [9.17, 15) is 14.4 Å². The number of carboxylic acid groups (broad SMARTS) is 1. The Kier molecular flexibility index (Phi) is 7.87. The standard InChI is InChI=1S/C25H30N2O5/c1-3-16(4-2)14-26-24(30)22(13-23(28)29)27-25(31)32-15-21-19-11-7-5-9-17(19)18-10-6-8-12-20(18)21/h5-12,16,21-22H,3-4,13-15H2,1-2H3,(H,26,30)(H,27,31)(H,28,29). The van der Waals surface area contributed by atoms with E-state index in [4.69, 9.17) is 9.84 Å². The molecule has 0 saturated carbocycles. The van der Waals surface area contributed by atoms with E-state index in [0.29, 0.717) is 12.5 Å². The molecule has 32 heavy (non-hydrogen) atoms. The van der Waals surface area contributed by atoms with E-state index in [1.807, 2.05) is 62.4 Å². The number of amides is 2. The minimum absolute atomic E-state index is 0.0923. The van der Waals surface area contributed by atoms with Gasteiger partial charge in [0.1, 0.15) is 12.6 Å². The molecule has 0 heterocycles. The molecule has 3 rings (SSSR count). The van der Waals surface area contributed by atoms with Gasteiger partial charge in [-0.25, -0.2) is 4.79 Å². The van der Waals surface area contributed by atoms with Gasteiger partial charge in [-0.3, -0.25) is 9.59 Å². The molecule has 0 bridgehead atoms. The van der Waals surface area contributed by atoms with Crippen LogP contribution in [0.5, 0.6) is 0 Å². The lowest BCUT2D eigenvalue weighted by Gasteiger charge is -2.20. The fourth-order valence-corrected chi connectivity index (χ4v) is 4.11. The molecule has 0 spiro atoms. The Balaban J connectivity index is 1.63. The van der Waals surface area contributed by atoms with Crippen LogP contribution in [0.15, 0.2) is 48.5 Å². The molecule has 7 nitrogen and oxygen atoms in total. The lowest BCUT2D eigenvalue weighted by molar-refractivity contribution is -0.139. The van der Waals surface area contributed by atoms with Gasteiger partial charge < -0.3 is 20.5 Å². The summed E-state index contributed by atoms with van der Waals surface area (Å²) < 4.78 is 5.45. The first-order chi connectivity index (χ1) is 15.4. The summed E-state index contributed by atoms with van der Waals surface area (Å²) >= 11 is 0. The summed E-state index contributed by atoms with van der Waals surface area (Å²) in [5.74, 6) is -1.51. The second kappa shape index (κ2) is 10.8. The predicted molar refractivity (Wildman–Crippen MR) is 121 cm³/mol. The van der Waals surface area contributed by atoms with Crippen molar-refractivity contribution in [1.82, 2.24) is 10.6 Å². The van der Waals surface area contributed by atoms with Crippen molar-refractivity contribution < 1.29 is 24.2 Å². The van der Waals surface area contributed by atoms with Crippen LogP contribution in [-0.2, 0) is 14.3 Å². The number of alkyl carbamates (subject to hydrolysis) is 1. The highest BCUT2D eigenvalue weighted by atomic mass is 16.5. The first-order valence-electron chi connectivity index (χ1n) is 11.1. The van der Waals surface area contributed by atoms with E-state index in [0.717, 1.165) is 35.1 Å². The number of carbonyl (C=O) groups is 3. The summed E-state index contributed by atoms with van der Waals surface area (Å²) in [5, 5.41) is 14.3. The molecule has 1 aliphatic carbocycles. The van der Waals surface area contributed by atoms with E-state index in [-0.39, 0.29) is 12.5 Å². The largest absolute Gasteiger partial charge is 0.481 e. The summed E-state index contributed by atoms with van der Waals surface area (Å²) in [4.78, 5) is 36.2. The first kappa shape index (κ1) is 23.3. The number of ether oxygens (including phenoxy) is 1. The van der Waals surface area contributed by atoms with Crippen molar-refractivity contribution in [2.75, 3.05) is 13.2 Å². The zero-order valence-corrected chi connectivity index (χ0v) is 18.5. The number of carboxylic acids is 1. The maximum absolute atomic E-state index is 12.5. The Morgan fingerprint density at radius 3 is 2.06 bits per heavy atom. The molecule has 2 aromatic carbocycles. The quantitative estimate of drug-likeness (QED) is 0.521. The number of hydrogen-bond acceptors (Lipinski definition) is 4. The zero-order chi connectivity index (χ0) is 23.1. The minimum atomic E-state index is -1.20. The van der Waals surface area contributed by atoms with Gasteiger partial charge in [-0.15, -0.1) is 0 Å². The lowest BCUT2D eigenvalue weighted by atomic mass is 9.98. The molecule has 0 saturated heterocycles. The molecule has 2 aromatic rings. The van der Waals surface area contributed by atoms with E-state index < -0.39 is 30.4 Å². The molecule has 170 valence electrons. The van der Waals surface area contributed by atoms with Crippen LogP contribution in [0.25, 0.3) is 11.1 Å². The van der Waals surface area contributed by atoms with Gasteiger partial charge in [-0.1, -0.05) is 75.2 Å². The maximum Gasteiger partial charge on any atom is 0.407 e. The van der Waals surface area contributed by atoms with E-state index in [1.165, 1.54) is 0 Å². The Hall–Kier alpha value is -3.35. The van der Waals surface area contributed by atoms with Gasteiger partial charge in [0, 0.05) is 12.5 Å². The van der Waals surface area contributed by atoms with Crippen LogP contribution in [0.2, 0.25) is 0 Å². The zero-order valence-electron chi connectivity index (χ0n) is 18.5. The third-order valence-electron chi connectivity index (χ3n) is 6.05. The summed E-state index contributed by atoms with van der Waals surface area (Å²) in [6.07, 6.45) is 0.482. The summed E-state index contributed by atoms with van der Waals surface area (Å²) in [6.45, 7) is 4.59. The average molecular weight is 439 g/mol. The van der Waals surface area contributed by atoms with Crippen LogP contribution < -0.4 is 10.6 Å². The van der Waals surface area contributed by atoms with E-state index in [1.54, 1.807) is 0 Å². The van der Waals surface area contributed by atoms with Gasteiger partial charge in [-0.2, -0.15) is 0 Å². The molecule has 0 aromatic heterocycles. The molecule has 1 unspecified atom stereocenters. The van der Waals surface area contributed by atoms with Crippen molar-refractivity contribution in [1.29, 1.82) is 0 Å². The maximum atomic E-state index is 12.5. The number of benzene rings is 2. The molecule has 1 atom stereocenters. The van der Waals surface area contributed by atoms with Crippen molar-refractivity contribution in [3.05, 3.63) is 59.7 Å². The van der Waals surface area contributed by atoms with Gasteiger partial charge in [0.25, 0.3) is 0 Å². The second-order valence-electron chi connectivity index (χ2n) is 8.05. The van der Waals surface area contributed by atoms with Crippen LogP contribution >= 0.6 is 0 Å². The summed E-state index contributed by atoms with van der Waals surface area (Å²) in [7, 11) is 0. The minimum Gasteiger partial charge on any atom is -0.481 e. The highest BCUT2D eigenvalue weighted by Gasteiger charge is 2.30. The topological polar surface area (TPSA) is 105 Å².